The number of carbonyl (C=O) groups is 2. The van der Waals surface area contributed by atoms with Crippen LogP contribution in [-0.2, 0) is 17.8 Å². The van der Waals surface area contributed by atoms with Gasteiger partial charge >= 0.3 is 6.03 Å². The quantitative estimate of drug-likeness (QED) is 0.679. The van der Waals surface area contributed by atoms with Gasteiger partial charge in [-0.2, -0.15) is 0 Å². The molecule has 32 heavy (non-hydrogen) atoms. The maximum atomic E-state index is 13.5. The van der Waals surface area contributed by atoms with E-state index in [1.807, 2.05) is 4.90 Å². The number of guanidine groups is 1. The van der Waals surface area contributed by atoms with Crippen molar-refractivity contribution in [3.05, 3.63) is 63.6 Å². The van der Waals surface area contributed by atoms with Crippen molar-refractivity contribution in [2.24, 2.45) is 4.99 Å². The van der Waals surface area contributed by atoms with Gasteiger partial charge in [0.15, 0.2) is 12.2 Å². The maximum absolute atomic E-state index is 13.5. The van der Waals surface area contributed by atoms with Crippen molar-refractivity contribution in [1.82, 2.24) is 14.7 Å². The Kier molecular flexibility index (Phi) is 5.26. The lowest BCUT2D eigenvalue weighted by Crippen LogP contribution is -2.64. The van der Waals surface area contributed by atoms with Crippen molar-refractivity contribution in [1.29, 1.82) is 0 Å². The molecule has 0 saturated carbocycles. The third-order valence-electron chi connectivity index (χ3n) is 6.41. The molecule has 2 fully saturated rings. The van der Waals surface area contributed by atoms with Crippen molar-refractivity contribution >= 4 is 46.8 Å². The van der Waals surface area contributed by atoms with Gasteiger partial charge in [0.1, 0.15) is 0 Å². The Bertz CT molecular complexity index is 1100. The normalized spacial score (nSPS) is 22.4. The van der Waals surface area contributed by atoms with Crippen molar-refractivity contribution in [3.8, 4) is 0 Å². The van der Waals surface area contributed by atoms with E-state index in [0.29, 0.717) is 22.2 Å². The van der Waals surface area contributed by atoms with Crippen molar-refractivity contribution in [3.63, 3.8) is 0 Å². The number of amides is 3. The number of halogens is 2. The highest BCUT2D eigenvalue weighted by Crippen LogP contribution is 2.35. The highest BCUT2D eigenvalue weighted by atomic mass is 35.5. The largest absolute Gasteiger partial charge is 0.328 e. The first kappa shape index (κ1) is 21.1. The molecule has 5 rings (SSSR count). The van der Waals surface area contributed by atoms with E-state index in [2.05, 4.69) is 36.1 Å². The molecule has 166 valence electrons. The lowest BCUT2D eigenvalue weighted by molar-refractivity contribution is -0.137. The molecule has 2 unspecified atom stereocenters. The number of nitrogens with zero attached hydrogens (tertiary/aromatic N) is 5. The Labute approximate surface area is 196 Å². The van der Waals surface area contributed by atoms with E-state index in [1.54, 1.807) is 25.2 Å². The number of rotatable bonds is 4. The second-order valence-corrected chi connectivity index (χ2v) is 8.99. The van der Waals surface area contributed by atoms with E-state index in [4.69, 9.17) is 28.2 Å². The Morgan fingerprint density at radius 2 is 1.72 bits per heavy atom. The fourth-order valence-corrected chi connectivity index (χ4v) is 5.10. The summed E-state index contributed by atoms with van der Waals surface area (Å²) in [5, 5.41) is 0.850. The predicted molar refractivity (Wildman–Crippen MR) is 125 cm³/mol. The average molecular weight is 472 g/mol. The van der Waals surface area contributed by atoms with E-state index in [9.17, 15) is 9.59 Å². The number of urea groups is 1. The minimum atomic E-state index is -0.561. The van der Waals surface area contributed by atoms with E-state index < -0.39 is 18.2 Å². The molecule has 3 aliphatic rings. The number of imide groups is 1. The van der Waals surface area contributed by atoms with Gasteiger partial charge in [-0.25, -0.2) is 9.79 Å². The number of aliphatic imine (C=N–C) groups is 1. The monoisotopic (exact) mass is 471 g/mol. The van der Waals surface area contributed by atoms with Crippen LogP contribution in [0.25, 0.3) is 0 Å². The van der Waals surface area contributed by atoms with Gasteiger partial charge in [0.25, 0.3) is 5.91 Å². The molecular weight excluding hydrogens is 449 g/mol. The van der Waals surface area contributed by atoms with Gasteiger partial charge in [0.05, 0.1) is 6.54 Å². The number of hydrogen-bond donors (Lipinski definition) is 0. The summed E-state index contributed by atoms with van der Waals surface area (Å²) in [5.41, 5.74) is 2.85. The Morgan fingerprint density at radius 1 is 1.03 bits per heavy atom. The molecule has 0 spiro atoms. The molecule has 0 aliphatic carbocycles. The van der Waals surface area contributed by atoms with Crippen LogP contribution in [0.15, 0.2) is 47.5 Å². The molecule has 2 aromatic rings. The van der Waals surface area contributed by atoms with Crippen LogP contribution in [0.2, 0.25) is 10.0 Å². The first-order chi connectivity index (χ1) is 15.4. The van der Waals surface area contributed by atoms with Crippen LogP contribution in [0.4, 0.5) is 10.5 Å². The predicted octanol–water partition coefficient (Wildman–Crippen LogP) is 3.84. The van der Waals surface area contributed by atoms with Gasteiger partial charge in [-0.15, -0.1) is 0 Å². The van der Waals surface area contributed by atoms with Crippen LogP contribution in [0, 0.1) is 0 Å². The van der Waals surface area contributed by atoms with E-state index in [-0.39, 0.29) is 12.5 Å². The maximum Gasteiger partial charge on any atom is 0.328 e. The SMILES string of the molecule is CCc1ccc(N2CCN3C2=NC2C3C(=O)N(Cc3c(Cl)cccc3Cl)C(=O)N2C)cc1. The minimum absolute atomic E-state index is 0.0229. The molecule has 7 nitrogen and oxygen atoms in total. The third kappa shape index (κ3) is 3.22. The summed E-state index contributed by atoms with van der Waals surface area (Å²) in [6.45, 7) is 3.53. The Balaban J connectivity index is 1.44. The molecule has 3 amide bonds. The third-order valence-corrected chi connectivity index (χ3v) is 7.12. The molecule has 0 radical (unpaired) electrons. The van der Waals surface area contributed by atoms with E-state index in [1.165, 1.54) is 15.4 Å². The molecule has 9 heteroatoms. The van der Waals surface area contributed by atoms with Gasteiger partial charge < -0.3 is 14.7 Å². The number of benzene rings is 2. The van der Waals surface area contributed by atoms with Crippen LogP contribution in [-0.4, -0.2) is 64.9 Å². The summed E-state index contributed by atoms with van der Waals surface area (Å²) in [6, 6.07) is 12.5. The summed E-state index contributed by atoms with van der Waals surface area (Å²) in [7, 11) is 1.68. The molecular formula is C23H23Cl2N5O2. The first-order valence-corrected chi connectivity index (χ1v) is 11.4. The molecule has 0 bridgehead atoms. The molecule has 2 aromatic carbocycles. The number of likely N-dealkylation sites (N-methyl/N-ethyl adjacent to an activating group) is 1. The summed E-state index contributed by atoms with van der Waals surface area (Å²) in [6.07, 6.45) is 0.421. The summed E-state index contributed by atoms with van der Waals surface area (Å²) < 4.78 is 0. The van der Waals surface area contributed by atoms with Gasteiger partial charge in [-0.05, 0) is 36.2 Å². The fourth-order valence-electron chi connectivity index (χ4n) is 4.58. The highest BCUT2D eigenvalue weighted by Gasteiger charge is 2.54. The van der Waals surface area contributed by atoms with Crippen LogP contribution in [0.5, 0.6) is 0 Å². The molecule has 3 heterocycles. The zero-order chi connectivity index (χ0) is 22.6. The van der Waals surface area contributed by atoms with Gasteiger partial charge in [-0.3, -0.25) is 9.69 Å². The smallest absolute Gasteiger partial charge is 0.325 e. The standard InChI is InChI=1S/C23H23Cl2N5O2/c1-3-14-7-9-15(10-8-14)28-11-12-29-19-20(26-22(28)29)27(2)23(32)30(21(19)31)13-16-17(24)5-4-6-18(16)25/h4-10,19-20H,3,11-13H2,1-2H3. The van der Waals surface area contributed by atoms with Crippen LogP contribution < -0.4 is 4.90 Å². The van der Waals surface area contributed by atoms with E-state index >= 15 is 0 Å². The highest BCUT2D eigenvalue weighted by molar-refractivity contribution is 6.36. The molecule has 0 aromatic heterocycles. The second kappa shape index (κ2) is 7.98. The topological polar surface area (TPSA) is 59.5 Å². The number of anilines is 1. The fraction of sp³-hybridized carbons (Fsp3) is 0.348. The van der Waals surface area contributed by atoms with Crippen molar-refractivity contribution < 1.29 is 9.59 Å². The lowest BCUT2D eigenvalue weighted by atomic mass is 10.1. The molecule has 0 N–H and O–H groups in total. The van der Waals surface area contributed by atoms with Crippen LogP contribution >= 0.6 is 23.2 Å². The lowest BCUT2D eigenvalue weighted by Gasteiger charge is -2.40. The number of carbonyl (C=O) groups excluding carboxylic acids is 2. The van der Waals surface area contributed by atoms with Crippen LogP contribution in [0.3, 0.4) is 0 Å². The van der Waals surface area contributed by atoms with Gasteiger partial charge in [0.2, 0.25) is 5.96 Å². The zero-order valence-corrected chi connectivity index (χ0v) is 19.3. The Hall–Kier alpha value is -2.77. The minimum Gasteiger partial charge on any atom is -0.325 e. The summed E-state index contributed by atoms with van der Waals surface area (Å²) >= 11 is 12.6. The number of aryl methyl sites for hydroxylation is 1. The molecule has 3 aliphatic heterocycles. The van der Waals surface area contributed by atoms with Crippen molar-refractivity contribution in [2.45, 2.75) is 32.1 Å². The zero-order valence-electron chi connectivity index (χ0n) is 17.8. The van der Waals surface area contributed by atoms with E-state index in [0.717, 1.165) is 24.6 Å². The summed E-state index contributed by atoms with van der Waals surface area (Å²) in [4.78, 5) is 38.3. The average Bonchev–Trinajstić information content (AvgIpc) is 3.36. The second-order valence-electron chi connectivity index (χ2n) is 8.17. The first-order valence-electron chi connectivity index (χ1n) is 10.6. The Morgan fingerprint density at radius 3 is 2.38 bits per heavy atom. The molecule has 2 saturated heterocycles. The van der Waals surface area contributed by atoms with Gasteiger partial charge in [0, 0.05) is 41.4 Å². The van der Waals surface area contributed by atoms with Crippen molar-refractivity contribution in [2.75, 3.05) is 25.0 Å². The number of hydrogen-bond acceptors (Lipinski definition) is 5. The van der Waals surface area contributed by atoms with Crippen LogP contribution in [0.1, 0.15) is 18.1 Å². The van der Waals surface area contributed by atoms with Gasteiger partial charge in [-0.1, -0.05) is 48.3 Å². The number of fused-ring (bicyclic) bond motifs is 3. The molecule has 2 atom stereocenters. The summed E-state index contributed by atoms with van der Waals surface area (Å²) in [5.74, 6) is 0.450.